The molecule has 0 radical (unpaired) electrons. The van der Waals surface area contributed by atoms with E-state index in [4.69, 9.17) is 4.74 Å². The van der Waals surface area contributed by atoms with Gasteiger partial charge in [-0.1, -0.05) is 29.8 Å². The third kappa shape index (κ3) is 6.13. The Morgan fingerprint density at radius 2 is 1.71 bits per heavy atom. The van der Waals surface area contributed by atoms with E-state index in [9.17, 15) is 14.4 Å². The highest BCUT2D eigenvalue weighted by atomic mass is 32.2. The lowest BCUT2D eigenvalue weighted by Crippen LogP contribution is -2.30. The van der Waals surface area contributed by atoms with Gasteiger partial charge in [0.15, 0.2) is 6.10 Å². The predicted octanol–water partition coefficient (Wildman–Crippen LogP) is 3.36. The number of aryl methyl sites for hydroxylation is 1. The zero-order valence-corrected chi connectivity index (χ0v) is 17.2. The SMILES string of the molecule is Cc1ccc(NC(=O)[C@H](C)OC(=O)c2ccccc2SCC(=O)N(C)C)cc1. The molecule has 0 aromatic heterocycles. The summed E-state index contributed by atoms with van der Waals surface area (Å²) in [4.78, 5) is 38.8. The van der Waals surface area contributed by atoms with Crippen LogP contribution < -0.4 is 5.32 Å². The minimum atomic E-state index is -0.963. The van der Waals surface area contributed by atoms with Gasteiger partial charge in [-0.25, -0.2) is 4.79 Å². The van der Waals surface area contributed by atoms with Crippen LogP contribution in [0.15, 0.2) is 53.4 Å². The Labute approximate surface area is 169 Å². The van der Waals surface area contributed by atoms with Crippen LogP contribution >= 0.6 is 11.8 Å². The first-order chi connectivity index (χ1) is 13.3. The van der Waals surface area contributed by atoms with Crippen molar-refractivity contribution < 1.29 is 19.1 Å². The zero-order chi connectivity index (χ0) is 20.7. The molecule has 0 bridgehead atoms. The van der Waals surface area contributed by atoms with Crippen molar-refractivity contribution >= 4 is 35.2 Å². The maximum Gasteiger partial charge on any atom is 0.340 e. The van der Waals surface area contributed by atoms with Gasteiger partial charge < -0.3 is 15.0 Å². The molecule has 1 N–H and O–H groups in total. The number of hydrogen-bond donors (Lipinski definition) is 1. The highest BCUT2D eigenvalue weighted by molar-refractivity contribution is 8.00. The molecule has 28 heavy (non-hydrogen) atoms. The van der Waals surface area contributed by atoms with Gasteiger partial charge in [0, 0.05) is 24.7 Å². The molecule has 0 spiro atoms. The Morgan fingerprint density at radius 3 is 2.36 bits per heavy atom. The Balaban J connectivity index is 2.00. The fraction of sp³-hybridized carbons (Fsp3) is 0.286. The van der Waals surface area contributed by atoms with E-state index in [1.807, 2.05) is 19.1 Å². The van der Waals surface area contributed by atoms with Crippen molar-refractivity contribution in [3.8, 4) is 0 Å². The second kappa shape index (κ2) is 9.94. The topological polar surface area (TPSA) is 75.7 Å². The predicted molar refractivity (Wildman–Crippen MR) is 111 cm³/mol. The van der Waals surface area contributed by atoms with E-state index in [0.29, 0.717) is 16.1 Å². The molecule has 1 atom stereocenters. The fourth-order valence-electron chi connectivity index (χ4n) is 2.19. The van der Waals surface area contributed by atoms with Gasteiger partial charge in [-0.05, 0) is 38.1 Å². The average Bonchev–Trinajstić information content (AvgIpc) is 2.67. The van der Waals surface area contributed by atoms with Crippen molar-refractivity contribution in [1.82, 2.24) is 4.90 Å². The normalized spacial score (nSPS) is 11.4. The number of ether oxygens (including phenoxy) is 1. The van der Waals surface area contributed by atoms with Gasteiger partial charge in [-0.3, -0.25) is 9.59 Å². The van der Waals surface area contributed by atoms with Crippen LogP contribution in [0.4, 0.5) is 5.69 Å². The molecule has 7 heteroatoms. The highest BCUT2D eigenvalue weighted by Crippen LogP contribution is 2.24. The molecular weight excluding hydrogens is 376 g/mol. The number of carbonyl (C=O) groups is 3. The lowest BCUT2D eigenvalue weighted by atomic mass is 10.2. The summed E-state index contributed by atoms with van der Waals surface area (Å²) in [5, 5.41) is 2.72. The molecule has 148 valence electrons. The number of amides is 2. The van der Waals surface area contributed by atoms with Crippen LogP contribution in [0.3, 0.4) is 0 Å². The molecule has 0 heterocycles. The van der Waals surface area contributed by atoms with Gasteiger partial charge in [-0.15, -0.1) is 11.8 Å². The summed E-state index contributed by atoms with van der Waals surface area (Å²) in [6.07, 6.45) is -0.963. The van der Waals surface area contributed by atoms with Gasteiger partial charge in [0.25, 0.3) is 5.91 Å². The largest absolute Gasteiger partial charge is 0.449 e. The van der Waals surface area contributed by atoms with Gasteiger partial charge in [-0.2, -0.15) is 0 Å². The number of anilines is 1. The van der Waals surface area contributed by atoms with Gasteiger partial charge in [0.05, 0.1) is 11.3 Å². The Morgan fingerprint density at radius 1 is 1.07 bits per heavy atom. The summed E-state index contributed by atoms with van der Waals surface area (Å²) in [6, 6.07) is 14.2. The quantitative estimate of drug-likeness (QED) is 0.570. The number of rotatable bonds is 7. The summed E-state index contributed by atoms with van der Waals surface area (Å²) >= 11 is 1.26. The summed E-state index contributed by atoms with van der Waals surface area (Å²) in [5.41, 5.74) is 2.05. The van der Waals surface area contributed by atoms with Crippen molar-refractivity contribution in [1.29, 1.82) is 0 Å². The molecule has 0 aliphatic carbocycles. The number of benzene rings is 2. The van der Waals surface area contributed by atoms with Crippen molar-refractivity contribution in [2.45, 2.75) is 24.8 Å². The van der Waals surface area contributed by atoms with Crippen molar-refractivity contribution in [3.05, 3.63) is 59.7 Å². The van der Waals surface area contributed by atoms with E-state index in [-0.39, 0.29) is 11.7 Å². The highest BCUT2D eigenvalue weighted by Gasteiger charge is 2.21. The maximum absolute atomic E-state index is 12.5. The molecule has 0 aliphatic rings. The van der Waals surface area contributed by atoms with Crippen LogP contribution in [0, 0.1) is 6.92 Å². The molecule has 0 unspecified atom stereocenters. The Hall–Kier alpha value is -2.80. The molecular formula is C21H24N2O4S. The number of nitrogens with one attached hydrogen (secondary N) is 1. The van der Waals surface area contributed by atoms with Crippen LogP contribution in [0.25, 0.3) is 0 Å². The summed E-state index contributed by atoms with van der Waals surface area (Å²) in [5.74, 6) is -0.864. The second-order valence-electron chi connectivity index (χ2n) is 6.48. The van der Waals surface area contributed by atoms with Crippen molar-refractivity contribution in [2.24, 2.45) is 0 Å². The molecule has 6 nitrogen and oxygen atoms in total. The van der Waals surface area contributed by atoms with Crippen molar-refractivity contribution in [2.75, 3.05) is 25.2 Å². The van der Waals surface area contributed by atoms with E-state index in [1.165, 1.54) is 23.6 Å². The molecule has 2 aromatic carbocycles. The van der Waals surface area contributed by atoms with Gasteiger partial charge in [0.2, 0.25) is 5.91 Å². The van der Waals surface area contributed by atoms with E-state index in [1.54, 1.807) is 50.5 Å². The monoisotopic (exact) mass is 400 g/mol. The van der Waals surface area contributed by atoms with Crippen LogP contribution in [0.1, 0.15) is 22.8 Å². The van der Waals surface area contributed by atoms with Crippen LogP contribution in [0.5, 0.6) is 0 Å². The second-order valence-corrected chi connectivity index (χ2v) is 7.49. The number of esters is 1. The third-order valence-electron chi connectivity index (χ3n) is 3.93. The van der Waals surface area contributed by atoms with Crippen LogP contribution in [-0.4, -0.2) is 48.6 Å². The van der Waals surface area contributed by atoms with Gasteiger partial charge >= 0.3 is 5.97 Å². The first kappa shape index (κ1) is 21.5. The summed E-state index contributed by atoms with van der Waals surface area (Å²) in [6.45, 7) is 3.48. The van der Waals surface area contributed by atoms with E-state index < -0.39 is 18.0 Å². The van der Waals surface area contributed by atoms with Crippen LogP contribution in [0.2, 0.25) is 0 Å². The van der Waals surface area contributed by atoms with E-state index in [0.717, 1.165) is 5.56 Å². The lowest BCUT2D eigenvalue weighted by Gasteiger charge is -2.15. The molecule has 0 fully saturated rings. The number of thioether (sulfide) groups is 1. The number of nitrogens with zero attached hydrogens (tertiary/aromatic N) is 1. The number of hydrogen-bond acceptors (Lipinski definition) is 5. The van der Waals surface area contributed by atoms with Crippen molar-refractivity contribution in [3.63, 3.8) is 0 Å². The average molecular weight is 401 g/mol. The Kier molecular flexibility index (Phi) is 7.63. The van der Waals surface area contributed by atoms with E-state index in [2.05, 4.69) is 5.32 Å². The maximum atomic E-state index is 12.5. The smallest absolute Gasteiger partial charge is 0.340 e. The zero-order valence-electron chi connectivity index (χ0n) is 16.4. The number of carbonyl (C=O) groups excluding carboxylic acids is 3. The summed E-state index contributed by atoms with van der Waals surface area (Å²) in [7, 11) is 3.36. The first-order valence-electron chi connectivity index (χ1n) is 8.78. The Bertz CT molecular complexity index is 850. The lowest BCUT2D eigenvalue weighted by molar-refractivity contribution is -0.126. The van der Waals surface area contributed by atoms with Gasteiger partial charge in [0.1, 0.15) is 0 Å². The molecule has 0 aliphatic heterocycles. The standard InChI is InChI=1S/C21H24N2O4S/c1-14-9-11-16(12-10-14)22-20(25)15(2)27-21(26)17-7-5-6-8-18(17)28-13-19(24)23(3)4/h5-12,15H,13H2,1-4H3,(H,22,25)/t15-/m0/s1. The van der Waals surface area contributed by atoms with Crippen LogP contribution in [-0.2, 0) is 14.3 Å². The van der Waals surface area contributed by atoms with E-state index >= 15 is 0 Å². The molecule has 0 saturated carbocycles. The third-order valence-corrected chi connectivity index (χ3v) is 4.99. The molecule has 2 rings (SSSR count). The molecule has 2 aromatic rings. The molecule has 0 saturated heterocycles. The minimum absolute atomic E-state index is 0.0565. The molecule has 2 amide bonds. The summed E-state index contributed by atoms with van der Waals surface area (Å²) < 4.78 is 5.33. The minimum Gasteiger partial charge on any atom is -0.449 e. The first-order valence-corrected chi connectivity index (χ1v) is 9.77. The fourth-order valence-corrected chi connectivity index (χ4v) is 3.21.